The molecule has 0 aromatic heterocycles. The molecule has 8 heteroatoms. The van der Waals surface area contributed by atoms with Crippen LogP contribution in [0.4, 0.5) is 10.5 Å². The summed E-state index contributed by atoms with van der Waals surface area (Å²) in [5.41, 5.74) is 5.74. The van der Waals surface area contributed by atoms with Crippen molar-refractivity contribution in [2.24, 2.45) is 5.10 Å². The number of nitrogens with one attached hydrogen (secondary N) is 2. The Bertz CT molecular complexity index is 1140. The summed E-state index contributed by atoms with van der Waals surface area (Å²) in [6.45, 7) is 2.13. The van der Waals surface area contributed by atoms with E-state index in [1.54, 1.807) is 42.5 Å². The number of anilines is 1. The van der Waals surface area contributed by atoms with Gasteiger partial charge in [-0.1, -0.05) is 24.3 Å². The number of rotatable bonds is 8. The highest BCUT2D eigenvalue weighted by atomic mass is 16.5. The Morgan fingerprint density at radius 1 is 1.03 bits per heavy atom. The third-order valence-electron chi connectivity index (χ3n) is 4.41. The molecule has 0 unspecified atom stereocenters. The quantitative estimate of drug-likeness (QED) is 0.360. The summed E-state index contributed by atoms with van der Waals surface area (Å²) in [6.07, 6.45) is 1.48. The first-order valence-corrected chi connectivity index (χ1v) is 9.74. The Labute approximate surface area is 185 Å². The van der Waals surface area contributed by atoms with Gasteiger partial charge in [-0.2, -0.15) is 5.10 Å². The Morgan fingerprint density at radius 3 is 2.59 bits per heavy atom. The van der Waals surface area contributed by atoms with Gasteiger partial charge in [0.1, 0.15) is 6.61 Å². The van der Waals surface area contributed by atoms with Crippen LogP contribution in [-0.2, 0) is 6.61 Å². The number of hydrogen-bond acceptors (Lipinski definition) is 5. The highest BCUT2D eigenvalue weighted by molar-refractivity contribution is 5.90. The molecular formula is C24H23N3O5. The molecule has 0 spiro atoms. The SMILES string of the molecule is COc1cc(/C=N/NC(=O)Nc2cccc(C)c2)ccc1OCc1cccc(C(=O)O)c1. The van der Waals surface area contributed by atoms with Crippen LogP contribution in [-0.4, -0.2) is 30.4 Å². The number of carbonyl (C=O) groups is 2. The van der Waals surface area contributed by atoms with Crippen molar-refractivity contribution in [3.05, 3.63) is 89.0 Å². The second-order valence-electron chi connectivity index (χ2n) is 6.90. The molecule has 2 amide bonds. The van der Waals surface area contributed by atoms with E-state index >= 15 is 0 Å². The average molecular weight is 433 g/mol. The number of amides is 2. The van der Waals surface area contributed by atoms with Crippen LogP contribution < -0.4 is 20.2 Å². The molecule has 8 nitrogen and oxygen atoms in total. The Hall–Kier alpha value is -4.33. The first-order valence-electron chi connectivity index (χ1n) is 9.74. The van der Waals surface area contributed by atoms with Crippen molar-refractivity contribution in [2.45, 2.75) is 13.5 Å². The largest absolute Gasteiger partial charge is 0.493 e. The molecule has 0 radical (unpaired) electrons. The van der Waals surface area contributed by atoms with Gasteiger partial charge in [-0.25, -0.2) is 15.0 Å². The second kappa shape index (κ2) is 10.6. The minimum atomic E-state index is -0.991. The van der Waals surface area contributed by atoms with Crippen LogP contribution in [0.1, 0.15) is 27.0 Å². The lowest BCUT2D eigenvalue weighted by molar-refractivity contribution is 0.0696. The van der Waals surface area contributed by atoms with Crippen LogP contribution in [0.2, 0.25) is 0 Å². The molecule has 0 heterocycles. The topological polar surface area (TPSA) is 109 Å². The van der Waals surface area contributed by atoms with Gasteiger partial charge in [0, 0.05) is 5.69 Å². The van der Waals surface area contributed by atoms with E-state index in [2.05, 4.69) is 15.8 Å². The summed E-state index contributed by atoms with van der Waals surface area (Å²) in [5.74, 6) is -0.0164. The molecule has 0 fully saturated rings. The van der Waals surface area contributed by atoms with E-state index in [4.69, 9.17) is 14.6 Å². The first kappa shape index (κ1) is 22.4. The van der Waals surface area contributed by atoms with Gasteiger partial charge in [0.15, 0.2) is 11.5 Å². The number of benzene rings is 3. The molecule has 3 aromatic rings. The standard InChI is InChI=1S/C24H23N3O5/c1-16-5-3-8-20(11-16)26-24(30)27-25-14-17-9-10-21(22(13-17)31-2)32-15-18-6-4-7-19(12-18)23(28)29/h3-14H,15H2,1-2H3,(H,28,29)(H2,26,27,30)/b25-14+. The number of hydrazone groups is 1. The van der Waals surface area contributed by atoms with Gasteiger partial charge >= 0.3 is 12.0 Å². The number of urea groups is 1. The number of ether oxygens (including phenoxy) is 2. The molecule has 0 saturated carbocycles. The molecule has 3 rings (SSSR count). The van der Waals surface area contributed by atoms with E-state index in [9.17, 15) is 9.59 Å². The third-order valence-corrected chi connectivity index (χ3v) is 4.41. The van der Waals surface area contributed by atoms with E-state index in [-0.39, 0.29) is 12.2 Å². The summed E-state index contributed by atoms with van der Waals surface area (Å²) in [7, 11) is 1.52. The minimum absolute atomic E-state index is 0.186. The molecule has 0 bridgehead atoms. The molecule has 3 N–H and O–H groups in total. The van der Waals surface area contributed by atoms with Crippen LogP contribution in [0.15, 0.2) is 71.8 Å². The van der Waals surface area contributed by atoms with Gasteiger partial charge in [0.05, 0.1) is 18.9 Å². The summed E-state index contributed by atoms with van der Waals surface area (Å²) in [6, 6.07) is 18.7. The van der Waals surface area contributed by atoms with Crippen molar-refractivity contribution in [2.75, 3.05) is 12.4 Å². The third kappa shape index (κ3) is 6.33. The van der Waals surface area contributed by atoms with Crippen LogP contribution in [0.5, 0.6) is 11.5 Å². The molecule has 3 aromatic carbocycles. The Balaban J connectivity index is 1.59. The molecule has 164 valence electrons. The fourth-order valence-electron chi connectivity index (χ4n) is 2.89. The number of methoxy groups -OCH3 is 1. The molecule has 32 heavy (non-hydrogen) atoms. The molecule has 0 aliphatic heterocycles. The van der Waals surface area contributed by atoms with Crippen molar-refractivity contribution in [3.8, 4) is 11.5 Å². The van der Waals surface area contributed by atoms with Crippen molar-refractivity contribution >= 4 is 23.9 Å². The van der Waals surface area contributed by atoms with Gasteiger partial charge in [0.2, 0.25) is 0 Å². The van der Waals surface area contributed by atoms with E-state index in [0.29, 0.717) is 22.7 Å². The highest BCUT2D eigenvalue weighted by Crippen LogP contribution is 2.28. The van der Waals surface area contributed by atoms with Gasteiger partial charge < -0.3 is 19.9 Å². The maximum atomic E-state index is 12.0. The monoisotopic (exact) mass is 433 g/mol. The van der Waals surface area contributed by atoms with E-state index < -0.39 is 12.0 Å². The zero-order valence-corrected chi connectivity index (χ0v) is 17.7. The smallest absolute Gasteiger partial charge is 0.339 e. The summed E-state index contributed by atoms with van der Waals surface area (Å²) in [5, 5.41) is 15.7. The zero-order chi connectivity index (χ0) is 22.9. The van der Waals surface area contributed by atoms with Crippen molar-refractivity contribution in [3.63, 3.8) is 0 Å². The van der Waals surface area contributed by atoms with Crippen LogP contribution in [0, 0.1) is 6.92 Å². The van der Waals surface area contributed by atoms with E-state index in [0.717, 1.165) is 11.1 Å². The zero-order valence-electron chi connectivity index (χ0n) is 17.7. The molecule has 0 aliphatic rings. The maximum Gasteiger partial charge on any atom is 0.339 e. The van der Waals surface area contributed by atoms with Gasteiger partial charge in [-0.15, -0.1) is 0 Å². The van der Waals surface area contributed by atoms with E-state index in [1.165, 1.54) is 19.4 Å². The molecular weight excluding hydrogens is 410 g/mol. The summed E-state index contributed by atoms with van der Waals surface area (Å²) < 4.78 is 11.2. The van der Waals surface area contributed by atoms with E-state index in [1.807, 2.05) is 25.1 Å². The maximum absolute atomic E-state index is 12.0. The number of carboxylic acids is 1. The van der Waals surface area contributed by atoms with Crippen molar-refractivity contribution in [1.29, 1.82) is 0 Å². The van der Waals surface area contributed by atoms with Gasteiger partial charge in [-0.3, -0.25) is 0 Å². The van der Waals surface area contributed by atoms with Gasteiger partial charge in [-0.05, 0) is 66.1 Å². The van der Waals surface area contributed by atoms with Gasteiger partial charge in [0.25, 0.3) is 0 Å². The number of hydrogen-bond donors (Lipinski definition) is 3. The second-order valence-corrected chi connectivity index (χ2v) is 6.90. The fourth-order valence-corrected chi connectivity index (χ4v) is 2.89. The van der Waals surface area contributed by atoms with Crippen LogP contribution in [0.25, 0.3) is 0 Å². The summed E-state index contributed by atoms with van der Waals surface area (Å²) in [4.78, 5) is 23.1. The Kier molecular flexibility index (Phi) is 7.42. The lowest BCUT2D eigenvalue weighted by Gasteiger charge is -2.11. The minimum Gasteiger partial charge on any atom is -0.493 e. The highest BCUT2D eigenvalue weighted by Gasteiger charge is 2.08. The van der Waals surface area contributed by atoms with Crippen molar-refractivity contribution < 1.29 is 24.2 Å². The first-order chi connectivity index (χ1) is 15.4. The lowest BCUT2D eigenvalue weighted by atomic mass is 10.1. The summed E-state index contributed by atoms with van der Waals surface area (Å²) >= 11 is 0. The fraction of sp³-hybridized carbons (Fsp3) is 0.125. The van der Waals surface area contributed by atoms with Crippen LogP contribution in [0.3, 0.4) is 0 Å². The predicted octanol–water partition coefficient (Wildman–Crippen LogP) is 4.44. The molecule has 0 saturated heterocycles. The molecule has 0 atom stereocenters. The van der Waals surface area contributed by atoms with Crippen LogP contribution >= 0.6 is 0 Å². The lowest BCUT2D eigenvalue weighted by Crippen LogP contribution is -2.24. The number of aryl methyl sites for hydroxylation is 1. The number of aromatic carboxylic acids is 1. The normalized spacial score (nSPS) is 10.6. The Morgan fingerprint density at radius 2 is 1.84 bits per heavy atom. The number of carbonyl (C=O) groups excluding carboxylic acids is 1. The number of nitrogens with zero attached hydrogens (tertiary/aromatic N) is 1. The van der Waals surface area contributed by atoms with Crippen molar-refractivity contribution in [1.82, 2.24) is 5.43 Å². The average Bonchev–Trinajstić information content (AvgIpc) is 2.78. The number of carboxylic acid groups (broad SMARTS) is 1. The molecule has 0 aliphatic carbocycles. The predicted molar refractivity (Wildman–Crippen MR) is 122 cm³/mol.